The molecule has 1 heterocycles. The average Bonchev–Trinajstić information content (AvgIpc) is 2.28. The molecule has 16 heavy (non-hydrogen) atoms. The van der Waals surface area contributed by atoms with Crippen molar-refractivity contribution in [2.75, 3.05) is 17.3 Å². The first-order valence-corrected chi connectivity index (χ1v) is 5.82. The van der Waals surface area contributed by atoms with E-state index in [1.165, 1.54) is 25.7 Å². The van der Waals surface area contributed by atoms with Crippen LogP contribution in [0.5, 0.6) is 0 Å². The van der Waals surface area contributed by atoms with E-state index in [2.05, 4.69) is 27.6 Å². The van der Waals surface area contributed by atoms with Crippen LogP contribution in [0.25, 0.3) is 0 Å². The number of aromatic nitrogens is 2. The Hall–Kier alpha value is -1.36. The zero-order chi connectivity index (χ0) is 11.8. The second kappa shape index (κ2) is 7.00. The van der Waals surface area contributed by atoms with Gasteiger partial charge in [0.1, 0.15) is 5.82 Å². The van der Waals surface area contributed by atoms with Gasteiger partial charge in [0.15, 0.2) is 0 Å². The highest BCUT2D eigenvalue weighted by atomic mass is 15.3. The maximum atomic E-state index is 5.28. The third-order valence-corrected chi connectivity index (χ3v) is 2.32. The van der Waals surface area contributed by atoms with E-state index in [1.54, 1.807) is 0 Å². The summed E-state index contributed by atoms with van der Waals surface area (Å²) in [4.78, 5) is 8.33. The molecule has 1 rings (SSSR count). The van der Waals surface area contributed by atoms with Crippen molar-refractivity contribution in [2.45, 2.75) is 39.5 Å². The molecule has 0 saturated carbocycles. The predicted molar refractivity (Wildman–Crippen MR) is 67.2 cm³/mol. The molecule has 0 spiro atoms. The maximum absolute atomic E-state index is 5.28. The van der Waals surface area contributed by atoms with Gasteiger partial charge in [0.05, 0.1) is 0 Å². The molecule has 0 aliphatic carbocycles. The number of nitrogens with two attached hydrogens (primary N) is 1. The summed E-state index contributed by atoms with van der Waals surface area (Å²) in [6.45, 7) is 5.08. The van der Waals surface area contributed by atoms with Crippen molar-refractivity contribution < 1.29 is 0 Å². The molecule has 0 aliphatic rings. The molecule has 0 fully saturated rings. The molecule has 90 valence electrons. The second-order valence-corrected chi connectivity index (χ2v) is 3.85. The van der Waals surface area contributed by atoms with Crippen LogP contribution in [0.1, 0.15) is 38.3 Å². The van der Waals surface area contributed by atoms with E-state index < -0.39 is 0 Å². The van der Waals surface area contributed by atoms with Gasteiger partial charge in [-0.3, -0.25) is 5.43 Å². The molecule has 0 bridgehead atoms. The summed E-state index contributed by atoms with van der Waals surface area (Å²) in [5.74, 6) is 6.56. The fourth-order valence-electron chi connectivity index (χ4n) is 1.49. The Morgan fingerprint density at radius 2 is 2.06 bits per heavy atom. The molecule has 0 aliphatic heterocycles. The molecule has 5 heteroatoms. The van der Waals surface area contributed by atoms with Crippen molar-refractivity contribution in [3.8, 4) is 0 Å². The summed E-state index contributed by atoms with van der Waals surface area (Å²) >= 11 is 0. The molecule has 0 radical (unpaired) electrons. The van der Waals surface area contributed by atoms with E-state index in [0.29, 0.717) is 5.95 Å². The van der Waals surface area contributed by atoms with Crippen LogP contribution in [-0.4, -0.2) is 16.5 Å². The first-order valence-electron chi connectivity index (χ1n) is 5.82. The first-order chi connectivity index (χ1) is 7.76. The monoisotopic (exact) mass is 223 g/mol. The summed E-state index contributed by atoms with van der Waals surface area (Å²) in [7, 11) is 0. The van der Waals surface area contributed by atoms with E-state index >= 15 is 0 Å². The van der Waals surface area contributed by atoms with Crippen LogP contribution in [-0.2, 0) is 0 Å². The Kier molecular flexibility index (Phi) is 5.56. The number of hydrogen-bond donors (Lipinski definition) is 3. The Morgan fingerprint density at radius 1 is 1.25 bits per heavy atom. The largest absolute Gasteiger partial charge is 0.370 e. The average molecular weight is 223 g/mol. The third kappa shape index (κ3) is 4.44. The van der Waals surface area contributed by atoms with Crippen LogP contribution < -0.4 is 16.6 Å². The molecule has 1 aromatic rings. The lowest BCUT2D eigenvalue weighted by molar-refractivity contribution is 0.684. The Bertz CT molecular complexity index is 313. The quantitative estimate of drug-likeness (QED) is 0.375. The van der Waals surface area contributed by atoms with Gasteiger partial charge in [-0.05, 0) is 13.3 Å². The molecule has 1 aromatic heterocycles. The first kappa shape index (κ1) is 12.7. The standard InChI is InChI=1S/C11H21N5/c1-3-4-5-6-7-13-10-8-9(2)14-11(15-10)16-12/h8H,3-7,12H2,1-2H3,(H2,13,14,15,16). The number of nitrogen functional groups attached to an aromatic ring is 1. The van der Waals surface area contributed by atoms with Crippen LogP contribution >= 0.6 is 0 Å². The van der Waals surface area contributed by atoms with Crippen LogP contribution in [0.3, 0.4) is 0 Å². The van der Waals surface area contributed by atoms with Gasteiger partial charge in [-0.25, -0.2) is 10.8 Å². The van der Waals surface area contributed by atoms with Crippen LogP contribution in [0.15, 0.2) is 6.07 Å². The summed E-state index contributed by atoms with van der Waals surface area (Å²) in [5, 5.41) is 3.27. The van der Waals surface area contributed by atoms with Crippen molar-refractivity contribution in [3.05, 3.63) is 11.8 Å². The number of rotatable bonds is 7. The van der Waals surface area contributed by atoms with Crippen molar-refractivity contribution in [1.29, 1.82) is 0 Å². The van der Waals surface area contributed by atoms with Gasteiger partial charge in [0, 0.05) is 18.3 Å². The highest BCUT2D eigenvalue weighted by molar-refractivity contribution is 5.41. The fraction of sp³-hybridized carbons (Fsp3) is 0.636. The summed E-state index contributed by atoms with van der Waals surface area (Å²) in [6.07, 6.45) is 4.98. The third-order valence-electron chi connectivity index (χ3n) is 2.32. The predicted octanol–water partition coefficient (Wildman–Crippen LogP) is 2.06. The molecule has 0 saturated heterocycles. The molecule has 0 aromatic carbocycles. The van der Waals surface area contributed by atoms with Crippen molar-refractivity contribution in [1.82, 2.24) is 9.97 Å². The lowest BCUT2D eigenvalue weighted by atomic mass is 10.2. The van der Waals surface area contributed by atoms with Crippen molar-refractivity contribution >= 4 is 11.8 Å². The highest BCUT2D eigenvalue weighted by Crippen LogP contribution is 2.09. The SMILES string of the molecule is CCCCCCNc1cc(C)nc(NN)n1. The molecule has 4 N–H and O–H groups in total. The second-order valence-electron chi connectivity index (χ2n) is 3.85. The summed E-state index contributed by atoms with van der Waals surface area (Å²) in [5.41, 5.74) is 3.36. The topological polar surface area (TPSA) is 75.9 Å². The van der Waals surface area contributed by atoms with E-state index in [1.807, 2.05) is 13.0 Å². The van der Waals surface area contributed by atoms with E-state index in [9.17, 15) is 0 Å². The minimum atomic E-state index is 0.455. The zero-order valence-corrected chi connectivity index (χ0v) is 10.1. The minimum absolute atomic E-state index is 0.455. The van der Waals surface area contributed by atoms with Crippen molar-refractivity contribution in [2.24, 2.45) is 5.84 Å². The van der Waals surface area contributed by atoms with Crippen LogP contribution in [0.2, 0.25) is 0 Å². The van der Waals surface area contributed by atoms with Crippen LogP contribution in [0.4, 0.5) is 11.8 Å². The normalized spacial score (nSPS) is 10.2. The van der Waals surface area contributed by atoms with Crippen molar-refractivity contribution in [3.63, 3.8) is 0 Å². The van der Waals surface area contributed by atoms with Gasteiger partial charge < -0.3 is 5.32 Å². The minimum Gasteiger partial charge on any atom is -0.370 e. The fourth-order valence-corrected chi connectivity index (χ4v) is 1.49. The Balaban J connectivity index is 2.38. The van der Waals surface area contributed by atoms with Gasteiger partial charge in [0.25, 0.3) is 0 Å². The molecule has 0 unspecified atom stereocenters. The van der Waals surface area contributed by atoms with E-state index in [-0.39, 0.29) is 0 Å². The number of nitrogens with zero attached hydrogens (tertiary/aromatic N) is 2. The maximum Gasteiger partial charge on any atom is 0.239 e. The summed E-state index contributed by atoms with van der Waals surface area (Å²) < 4.78 is 0. The number of hydrogen-bond acceptors (Lipinski definition) is 5. The number of anilines is 2. The lowest BCUT2D eigenvalue weighted by Gasteiger charge is -2.07. The van der Waals surface area contributed by atoms with Gasteiger partial charge >= 0.3 is 0 Å². The lowest BCUT2D eigenvalue weighted by Crippen LogP contribution is -2.13. The van der Waals surface area contributed by atoms with Gasteiger partial charge in [-0.2, -0.15) is 4.98 Å². The molecule has 0 amide bonds. The number of nitrogens with one attached hydrogen (secondary N) is 2. The Morgan fingerprint density at radius 3 is 2.75 bits per heavy atom. The van der Waals surface area contributed by atoms with E-state index in [0.717, 1.165) is 18.1 Å². The summed E-state index contributed by atoms with van der Waals surface area (Å²) in [6, 6.07) is 1.92. The molecular formula is C11H21N5. The Labute approximate surface area is 96.8 Å². The highest BCUT2D eigenvalue weighted by Gasteiger charge is 1.99. The number of hydrazine groups is 1. The van der Waals surface area contributed by atoms with Gasteiger partial charge in [-0.15, -0.1) is 0 Å². The van der Waals surface area contributed by atoms with Gasteiger partial charge in [-0.1, -0.05) is 26.2 Å². The molecule has 0 atom stereocenters. The number of aryl methyl sites for hydroxylation is 1. The van der Waals surface area contributed by atoms with Crippen LogP contribution in [0, 0.1) is 6.92 Å². The smallest absolute Gasteiger partial charge is 0.239 e. The zero-order valence-electron chi connectivity index (χ0n) is 10.1. The number of unbranched alkanes of at least 4 members (excludes halogenated alkanes) is 3. The van der Waals surface area contributed by atoms with E-state index in [4.69, 9.17) is 5.84 Å². The molecule has 5 nitrogen and oxygen atoms in total. The molecular weight excluding hydrogens is 202 g/mol. The van der Waals surface area contributed by atoms with Gasteiger partial charge in [0.2, 0.25) is 5.95 Å².